The number of carbonyl (C=O) groups is 2. The van der Waals surface area contributed by atoms with Gasteiger partial charge in [0.05, 0.1) is 11.6 Å². The number of nitrogens with two attached hydrogens (primary N) is 2. The number of halogens is 3. The van der Waals surface area contributed by atoms with Crippen LogP contribution in [0.1, 0.15) is 28.5 Å². The van der Waals surface area contributed by atoms with Crippen molar-refractivity contribution in [3.05, 3.63) is 65.4 Å². The van der Waals surface area contributed by atoms with Crippen LogP contribution < -0.4 is 21.5 Å². The number of amides is 2. The van der Waals surface area contributed by atoms with Gasteiger partial charge in [0.2, 0.25) is 5.91 Å². The summed E-state index contributed by atoms with van der Waals surface area (Å²) >= 11 is 0.960. The van der Waals surface area contributed by atoms with Crippen molar-refractivity contribution in [2.75, 3.05) is 5.32 Å². The van der Waals surface area contributed by atoms with E-state index in [2.05, 4.69) is 15.3 Å². The Labute approximate surface area is 206 Å². The number of rotatable bonds is 8. The molecule has 2 aromatic carbocycles. The molecule has 0 aliphatic rings. The van der Waals surface area contributed by atoms with Crippen LogP contribution >= 0.6 is 22.6 Å². The average Bonchev–Trinajstić information content (AvgIpc) is 2.78. The van der Waals surface area contributed by atoms with Crippen molar-refractivity contribution >= 4 is 40.2 Å². The Bertz CT molecular complexity index is 1290. The maximum absolute atomic E-state index is 13.6. The first-order valence-electron chi connectivity index (χ1n) is 9.62. The fourth-order valence-electron chi connectivity index (χ4n) is 2.80. The normalized spacial score (nSPS) is 11.9. The second-order valence-corrected chi connectivity index (χ2v) is 8.39. The first-order chi connectivity index (χ1) is 16.0. The van der Waals surface area contributed by atoms with Gasteiger partial charge in [-0.2, -0.15) is 14.0 Å². The minimum Gasteiger partial charge on any atom is -0.457 e. The minimum absolute atomic E-state index is 0.0688. The molecule has 1 aromatic heterocycles. The Morgan fingerprint density at radius 2 is 1.76 bits per heavy atom. The van der Waals surface area contributed by atoms with Crippen molar-refractivity contribution in [2.45, 2.75) is 16.9 Å². The highest BCUT2D eigenvalue weighted by molar-refractivity contribution is 14.1. The SMILES string of the molecule is C[C@H](Nc1cc(C(N)=O)nc(-c2ccc(Oc3ccc(C(F)(F)I)c(C#N)c3)cc2)n1)C(N)=O. The molecule has 0 bridgehead atoms. The van der Waals surface area contributed by atoms with E-state index in [0.29, 0.717) is 11.3 Å². The standard InChI is InChI=1S/C22H17F2IN6O3/c1-11(19(27)32)29-18-9-17(20(28)33)30-21(31-18)12-2-4-14(5-3-12)34-15-6-7-16(22(23,24)25)13(8-15)10-26/h2-9,11H,1H3,(H2,27,32)(H2,28,33)(H,29,30,31)/t11-/m0/s1. The third-order valence-electron chi connectivity index (χ3n) is 4.53. The zero-order valence-electron chi connectivity index (χ0n) is 17.6. The number of anilines is 1. The van der Waals surface area contributed by atoms with E-state index in [1.54, 1.807) is 30.3 Å². The van der Waals surface area contributed by atoms with Gasteiger partial charge >= 0.3 is 3.93 Å². The van der Waals surface area contributed by atoms with Crippen molar-refractivity contribution < 1.29 is 23.1 Å². The summed E-state index contributed by atoms with van der Waals surface area (Å²) < 4.78 is 29.7. The summed E-state index contributed by atoms with van der Waals surface area (Å²) in [7, 11) is 0. The van der Waals surface area contributed by atoms with Crippen LogP contribution in [-0.2, 0) is 8.72 Å². The smallest absolute Gasteiger partial charge is 0.322 e. The maximum atomic E-state index is 13.6. The Balaban J connectivity index is 1.87. The van der Waals surface area contributed by atoms with E-state index < -0.39 is 27.3 Å². The molecule has 9 nitrogen and oxygen atoms in total. The second-order valence-electron chi connectivity index (χ2n) is 7.04. The summed E-state index contributed by atoms with van der Waals surface area (Å²) in [5, 5.41) is 12.0. The number of nitrogens with zero attached hydrogens (tertiary/aromatic N) is 3. The van der Waals surface area contributed by atoms with Gasteiger partial charge in [0.15, 0.2) is 5.82 Å². The lowest BCUT2D eigenvalue weighted by atomic mass is 10.1. The van der Waals surface area contributed by atoms with Gasteiger partial charge in [0.25, 0.3) is 5.91 Å². The largest absolute Gasteiger partial charge is 0.457 e. The van der Waals surface area contributed by atoms with Crippen LogP contribution in [0.2, 0.25) is 0 Å². The fourth-order valence-corrected chi connectivity index (χ4v) is 3.27. The topological polar surface area (TPSA) is 157 Å². The van der Waals surface area contributed by atoms with Crippen molar-refractivity contribution in [1.82, 2.24) is 9.97 Å². The molecule has 0 spiro atoms. The number of carbonyl (C=O) groups excluding carboxylic acids is 2. The third-order valence-corrected chi connectivity index (χ3v) is 5.12. The van der Waals surface area contributed by atoms with Crippen LogP contribution in [0.15, 0.2) is 48.5 Å². The van der Waals surface area contributed by atoms with E-state index in [0.717, 1.165) is 28.7 Å². The highest BCUT2D eigenvalue weighted by Crippen LogP contribution is 2.38. The summed E-state index contributed by atoms with van der Waals surface area (Å²) in [6.45, 7) is 1.53. The van der Waals surface area contributed by atoms with E-state index in [9.17, 15) is 23.6 Å². The summed E-state index contributed by atoms with van der Waals surface area (Å²) in [4.78, 5) is 31.4. The lowest BCUT2D eigenvalue weighted by Gasteiger charge is -2.13. The van der Waals surface area contributed by atoms with E-state index >= 15 is 0 Å². The predicted octanol–water partition coefficient (Wildman–Crippen LogP) is 3.68. The minimum atomic E-state index is -3.19. The molecule has 0 saturated heterocycles. The molecule has 0 saturated carbocycles. The maximum Gasteiger partial charge on any atom is 0.322 e. The molecular weight excluding hydrogens is 561 g/mol. The van der Waals surface area contributed by atoms with Crippen LogP contribution in [0, 0.1) is 11.3 Å². The number of aromatic nitrogens is 2. The average molecular weight is 578 g/mol. The van der Waals surface area contributed by atoms with E-state index in [-0.39, 0.29) is 28.6 Å². The van der Waals surface area contributed by atoms with Gasteiger partial charge < -0.3 is 21.5 Å². The molecule has 34 heavy (non-hydrogen) atoms. The molecule has 0 aliphatic carbocycles. The molecule has 0 aliphatic heterocycles. The van der Waals surface area contributed by atoms with E-state index in [1.165, 1.54) is 25.1 Å². The number of benzene rings is 2. The van der Waals surface area contributed by atoms with Crippen LogP contribution in [0.3, 0.4) is 0 Å². The predicted molar refractivity (Wildman–Crippen MR) is 127 cm³/mol. The molecule has 174 valence electrons. The van der Waals surface area contributed by atoms with Crippen molar-refractivity contribution in [2.24, 2.45) is 11.5 Å². The van der Waals surface area contributed by atoms with Gasteiger partial charge in [-0.05, 0) is 49.4 Å². The van der Waals surface area contributed by atoms with E-state index in [4.69, 9.17) is 16.2 Å². The number of hydrogen-bond acceptors (Lipinski definition) is 7. The molecule has 1 heterocycles. The van der Waals surface area contributed by atoms with Gasteiger partial charge in [-0.15, -0.1) is 0 Å². The van der Waals surface area contributed by atoms with Crippen LogP contribution in [0.25, 0.3) is 11.4 Å². The van der Waals surface area contributed by atoms with Crippen molar-refractivity contribution in [3.8, 4) is 29.0 Å². The quantitative estimate of drug-likeness (QED) is 0.272. The van der Waals surface area contributed by atoms with E-state index in [1.807, 2.05) is 0 Å². The number of hydrogen-bond donors (Lipinski definition) is 3. The summed E-state index contributed by atoms with van der Waals surface area (Å²) in [5.41, 5.74) is 10.4. The Kier molecular flexibility index (Phi) is 7.26. The van der Waals surface area contributed by atoms with Crippen molar-refractivity contribution in [1.29, 1.82) is 5.26 Å². The molecular formula is C22H17F2IN6O3. The molecule has 1 atom stereocenters. The van der Waals surface area contributed by atoms with Crippen LogP contribution in [0.5, 0.6) is 11.5 Å². The first kappa shape index (κ1) is 24.8. The molecule has 12 heteroatoms. The molecule has 2 amide bonds. The Hall–Kier alpha value is -3.86. The van der Waals surface area contributed by atoms with Crippen LogP contribution in [-0.4, -0.2) is 27.8 Å². The third kappa shape index (κ3) is 5.93. The summed E-state index contributed by atoms with van der Waals surface area (Å²) in [6.07, 6.45) is 0. The lowest BCUT2D eigenvalue weighted by Crippen LogP contribution is -2.33. The van der Waals surface area contributed by atoms with Gasteiger partial charge in [0.1, 0.15) is 29.1 Å². The van der Waals surface area contributed by atoms with Gasteiger partial charge in [-0.3, -0.25) is 9.59 Å². The Morgan fingerprint density at radius 1 is 1.12 bits per heavy atom. The first-order valence-corrected chi connectivity index (χ1v) is 10.7. The molecule has 0 radical (unpaired) electrons. The fraction of sp³-hybridized carbons (Fsp3) is 0.136. The summed E-state index contributed by atoms with van der Waals surface area (Å²) in [5.74, 6) is -0.505. The van der Waals surface area contributed by atoms with Gasteiger partial charge in [0, 0.05) is 39.8 Å². The van der Waals surface area contributed by atoms with Crippen molar-refractivity contribution in [3.63, 3.8) is 0 Å². The number of nitrogens with one attached hydrogen (secondary N) is 1. The molecule has 3 rings (SSSR count). The zero-order valence-corrected chi connectivity index (χ0v) is 19.7. The number of alkyl halides is 3. The molecule has 0 fully saturated rings. The monoisotopic (exact) mass is 578 g/mol. The van der Waals surface area contributed by atoms with Gasteiger partial charge in [-0.1, -0.05) is 0 Å². The second kappa shape index (κ2) is 9.96. The number of primary amides is 2. The van der Waals surface area contributed by atoms with Gasteiger partial charge in [-0.25, -0.2) is 9.97 Å². The number of nitriles is 1. The summed E-state index contributed by atoms with van der Waals surface area (Å²) in [6, 6.07) is 12.4. The molecule has 5 N–H and O–H groups in total. The molecule has 3 aromatic rings. The van der Waals surface area contributed by atoms with Crippen LogP contribution in [0.4, 0.5) is 14.6 Å². The highest BCUT2D eigenvalue weighted by Gasteiger charge is 2.30. The highest BCUT2D eigenvalue weighted by atomic mass is 127. The Morgan fingerprint density at radius 3 is 2.32 bits per heavy atom. The zero-order chi connectivity index (χ0) is 25.0. The number of ether oxygens (including phenoxy) is 1. The lowest BCUT2D eigenvalue weighted by molar-refractivity contribution is -0.118. The molecule has 0 unspecified atom stereocenters.